The number of amides is 1. The van der Waals surface area contributed by atoms with Gasteiger partial charge < -0.3 is 45.1 Å². The monoisotopic (exact) mass is 515 g/mol. The molecule has 0 aromatic heterocycles. The first-order valence-corrected chi connectivity index (χ1v) is 12.8. The van der Waals surface area contributed by atoms with Crippen LogP contribution in [0.25, 0.3) is 0 Å². The molecule has 4 atom stereocenters. The van der Waals surface area contributed by atoms with Crippen LogP contribution in [-0.4, -0.2) is 92.5 Å². The first-order valence-electron chi connectivity index (χ1n) is 11.3. The minimum atomic E-state index is -5.27. The van der Waals surface area contributed by atoms with Gasteiger partial charge in [-0.05, 0) is 25.7 Å². The number of phosphoric ester groups is 1. The summed E-state index contributed by atoms with van der Waals surface area (Å²) in [6, 6.07) is -1.62. The van der Waals surface area contributed by atoms with Crippen LogP contribution in [0.4, 0.5) is 0 Å². The third-order valence-corrected chi connectivity index (χ3v) is 5.36. The van der Waals surface area contributed by atoms with Crippen molar-refractivity contribution >= 4 is 26.0 Å². The molecule has 0 aromatic rings. The molecule has 0 aliphatic rings. The highest BCUT2D eigenvalue weighted by Gasteiger charge is 2.42. The Morgan fingerprint density at radius 2 is 1.38 bits per heavy atom. The molecule has 0 aliphatic heterocycles. The second kappa shape index (κ2) is 18.8. The Kier molecular flexibility index (Phi) is 18.0. The summed E-state index contributed by atoms with van der Waals surface area (Å²) >= 11 is 0. The number of aldehydes is 1. The average Bonchev–Trinajstić information content (AvgIpc) is 2.78. The van der Waals surface area contributed by atoms with E-state index in [4.69, 9.17) is 14.9 Å². The number of aliphatic hydroxyl groups is 4. The molecule has 0 fully saturated rings. The molecule has 7 N–H and O–H groups in total. The summed E-state index contributed by atoms with van der Waals surface area (Å²) < 4.78 is 21.1. The van der Waals surface area contributed by atoms with E-state index in [1.807, 2.05) is 0 Å². The molecule has 0 aromatic carbocycles. The van der Waals surface area contributed by atoms with E-state index in [0.29, 0.717) is 51.4 Å². The van der Waals surface area contributed by atoms with Crippen molar-refractivity contribution in [3.63, 3.8) is 0 Å². The molecule has 0 saturated carbocycles. The highest BCUT2D eigenvalue weighted by atomic mass is 31.2. The largest absolute Gasteiger partial charge is 0.470 e. The number of carbonyl (C=O) groups excluding carboxylic acids is 3. The number of esters is 1. The standard InChI is InChI=1S/C20H38NO12P/c22-11-7-3-1-5-9-17(27)21-15(13-24)19(20(16(26)14-25)33-34(29,30)31)32-18(28)10-6-2-4-8-12-23/h13,15-16,19-20,22-23,25-26H,1-12,14H2,(H,21,27)(H2,29,30,31)/t15-,16+,19+,20+/m0/s1. The predicted molar refractivity (Wildman–Crippen MR) is 118 cm³/mol. The van der Waals surface area contributed by atoms with Crippen molar-refractivity contribution < 1.29 is 58.4 Å². The van der Waals surface area contributed by atoms with Gasteiger partial charge >= 0.3 is 13.8 Å². The lowest BCUT2D eigenvalue weighted by Crippen LogP contribution is -2.56. The van der Waals surface area contributed by atoms with Gasteiger partial charge in [-0.15, -0.1) is 0 Å². The predicted octanol–water partition coefficient (Wildman–Crippen LogP) is -0.701. The van der Waals surface area contributed by atoms with Crippen LogP contribution in [0.15, 0.2) is 0 Å². The minimum Gasteiger partial charge on any atom is -0.457 e. The lowest BCUT2D eigenvalue weighted by atomic mass is 10.0. The highest BCUT2D eigenvalue weighted by molar-refractivity contribution is 7.46. The molecule has 0 radical (unpaired) electrons. The number of ether oxygens (including phenoxy) is 1. The lowest BCUT2D eigenvalue weighted by molar-refractivity contribution is -0.165. The first-order chi connectivity index (χ1) is 16.1. The Morgan fingerprint density at radius 3 is 1.85 bits per heavy atom. The van der Waals surface area contributed by atoms with E-state index >= 15 is 0 Å². The zero-order valence-corrected chi connectivity index (χ0v) is 20.1. The molecule has 0 aliphatic carbocycles. The summed E-state index contributed by atoms with van der Waals surface area (Å²) in [5.41, 5.74) is 0. The van der Waals surface area contributed by atoms with E-state index in [2.05, 4.69) is 9.84 Å². The van der Waals surface area contributed by atoms with Crippen LogP contribution in [0.2, 0.25) is 0 Å². The van der Waals surface area contributed by atoms with Gasteiger partial charge in [-0.1, -0.05) is 25.7 Å². The Balaban J connectivity index is 5.42. The van der Waals surface area contributed by atoms with Crippen molar-refractivity contribution in [2.24, 2.45) is 0 Å². The topological polar surface area (TPSA) is 220 Å². The smallest absolute Gasteiger partial charge is 0.457 e. The van der Waals surface area contributed by atoms with Crippen molar-refractivity contribution in [3.8, 4) is 0 Å². The summed E-state index contributed by atoms with van der Waals surface area (Å²) in [4.78, 5) is 54.7. The molecule has 0 unspecified atom stereocenters. The Morgan fingerprint density at radius 1 is 0.853 bits per heavy atom. The third kappa shape index (κ3) is 15.5. The second-order valence-corrected chi connectivity index (χ2v) is 8.96. The normalized spacial score (nSPS) is 15.2. The van der Waals surface area contributed by atoms with Crippen LogP contribution < -0.4 is 5.32 Å². The zero-order chi connectivity index (χ0) is 26.0. The van der Waals surface area contributed by atoms with E-state index < -0.39 is 50.7 Å². The van der Waals surface area contributed by atoms with Gasteiger partial charge in [-0.3, -0.25) is 14.1 Å². The quantitative estimate of drug-likeness (QED) is 0.0436. The molecule has 0 rings (SSSR count). The number of nitrogens with one attached hydrogen (secondary N) is 1. The maximum absolute atomic E-state index is 12.3. The molecule has 200 valence electrons. The number of unbranched alkanes of at least 4 members (excludes halogenated alkanes) is 6. The van der Waals surface area contributed by atoms with Crippen LogP contribution in [0.3, 0.4) is 0 Å². The van der Waals surface area contributed by atoms with Gasteiger partial charge in [0.05, 0.1) is 6.61 Å². The van der Waals surface area contributed by atoms with Crippen LogP contribution in [-0.2, 0) is 28.2 Å². The molecule has 14 heteroatoms. The Hall–Kier alpha value is -1.44. The van der Waals surface area contributed by atoms with Gasteiger partial charge in [0.2, 0.25) is 5.91 Å². The molecule has 1 amide bonds. The van der Waals surface area contributed by atoms with E-state index in [-0.39, 0.29) is 32.3 Å². The molecule has 0 spiro atoms. The maximum atomic E-state index is 12.3. The van der Waals surface area contributed by atoms with Gasteiger partial charge in [0.15, 0.2) is 6.10 Å². The van der Waals surface area contributed by atoms with Crippen LogP contribution in [0.1, 0.15) is 64.2 Å². The minimum absolute atomic E-state index is 0.00609. The summed E-state index contributed by atoms with van der Waals surface area (Å²) in [6.45, 7) is -0.999. The molecule has 34 heavy (non-hydrogen) atoms. The second-order valence-electron chi connectivity index (χ2n) is 7.77. The van der Waals surface area contributed by atoms with Gasteiger partial charge in [0, 0.05) is 26.1 Å². The van der Waals surface area contributed by atoms with Gasteiger partial charge in [0.1, 0.15) is 24.5 Å². The average molecular weight is 515 g/mol. The molecule has 0 saturated heterocycles. The number of carbonyl (C=O) groups is 3. The first kappa shape index (κ1) is 32.6. The molecule has 0 bridgehead atoms. The fourth-order valence-electron chi connectivity index (χ4n) is 3.10. The molecular formula is C20H38NO12P. The summed E-state index contributed by atoms with van der Waals surface area (Å²) in [6.07, 6.45) is -1.25. The van der Waals surface area contributed by atoms with Crippen molar-refractivity contribution in [3.05, 3.63) is 0 Å². The number of hydrogen-bond donors (Lipinski definition) is 7. The fraction of sp³-hybridized carbons (Fsp3) is 0.850. The Bertz CT molecular complexity index is 629. The van der Waals surface area contributed by atoms with Crippen molar-refractivity contribution in [1.29, 1.82) is 0 Å². The summed E-state index contributed by atoms with van der Waals surface area (Å²) in [5.74, 6) is -1.48. The lowest BCUT2D eigenvalue weighted by Gasteiger charge is -2.33. The summed E-state index contributed by atoms with van der Waals surface area (Å²) in [5, 5.41) is 39.2. The zero-order valence-electron chi connectivity index (χ0n) is 19.2. The fourth-order valence-corrected chi connectivity index (χ4v) is 3.68. The van der Waals surface area contributed by atoms with Gasteiger partial charge in [0.25, 0.3) is 0 Å². The molecule has 13 nitrogen and oxygen atoms in total. The highest BCUT2D eigenvalue weighted by Crippen LogP contribution is 2.39. The van der Waals surface area contributed by atoms with Gasteiger partial charge in [-0.2, -0.15) is 0 Å². The van der Waals surface area contributed by atoms with E-state index in [1.165, 1.54) is 0 Å². The van der Waals surface area contributed by atoms with E-state index in [0.717, 1.165) is 0 Å². The SMILES string of the molecule is O=C[C@H](NC(=O)CCCCCCO)[C@@H](OC(=O)CCCCCCO)[C@H](OP(=O)(O)O)[C@H](O)CO. The van der Waals surface area contributed by atoms with Crippen LogP contribution in [0, 0.1) is 0 Å². The third-order valence-electron chi connectivity index (χ3n) is 4.85. The number of hydrogen-bond acceptors (Lipinski definition) is 10. The maximum Gasteiger partial charge on any atom is 0.470 e. The number of aliphatic hydroxyl groups excluding tert-OH is 4. The Labute approximate surface area is 198 Å². The van der Waals surface area contributed by atoms with Crippen molar-refractivity contribution in [1.82, 2.24) is 5.32 Å². The molecular weight excluding hydrogens is 477 g/mol. The van der Waals surface area contributed by atoms with Crippen molar-refractivity contribution in [2.45, 2.75) is 88.6 Å². The van der Waals surface area contributed by atoms with Crippen LogP contribution >= 0.6 is 7.82 Å². The number of rotatable bonds is 21. The van der Waals surface area contributed by atoms with Gasteiger partial charge in [-0.25, -0.2) is 4.57 Å². The van der Waals surface area contributed by atoms with E-state index in [9.17, 15) is 38.9 Å². The molecule has 0 heterocycles. The van der Waals surface area contributed by atoms with Crippen molar-refractivity contribution in [2.75, 3.05) is 19.8 Å². The number of phosphoric acid groups is 1. The summed E-state index contributed by atoms with van der Waals surface area (Å²) in [7, 11) is -5.27. The van der Waals surface area contributed by atoms with E-state index in [1.54, 1.807) is 0 Å². The van der Waals surface area contributed by atoms with Crippen LogP contribution in [0.5, 0.6) is 0 Å².